The molecule has 0 unspecified atom stereocenters. The van der Waals surface area contributed by atoms with Gasteiger partial charge < -0.3 is 4.74 Å². The fraction of sp³-hybridized carbons (Fsp3) is 0.231. The Labute approximate surface area is 217 Å². The van der Waals surface area contributed by atoms with Crippen molar-refractivity contribution in [3.05, 3.63) is 115 Å². The average Bonchev–Trinajstić information content (AvgIpc) is 3.24. The lowest BCUT2D eigenvalue weighted by molar-refractivity contribution is -0.479. The molecule has 0 saturated carbocycles. The smallest absolute Gasteiger partial charge is 0.269 e. The van der Waals surface area contributed by atoms with E-state index in [2.05, 4.69) is 10.2 Å². The Morgan fingerprint density at radius 3 is 2.38 bits per heavy atom. The summed E-state index contributed by atoms with van der Waals surface area (Å²) in [7, 11) is 0. The van der Waals surface area contributed by atoms with Crippen LogP contribution in [0.4, 0.5) is 5.69 Å². The Hall–Kier alpha value is -4.25. The van der Waals surface area contributed by atoms with Gasteiger partial charge >= 0.3 is 0 Å². The molecule has 0 saturated heterocycles. The molecule has 3 aromatic carbocycles. The van der Waals surface area contributed by atoms with E-state index < -0.39 is 10.2 Å². The lowest BCUT2D eigenvalue weighted by Gasteiger charge is -2.15. The van der Waals surface area contributed by atoms with E-state index in [1.165, 1.54) is 29.5 Å². The van der Waals surface area contributed by atoms with Gasteiger partial charge in [-0.25, -0.2) is 0 Å². The molecule has 190 valence electrons. The van der Waals surface area contributed by atoms with Crippen LogP contribution in [0.15, 0.2) is 71.9 Å². The Kier molecular flexibility index (Phi) is 7.83. The highest BCUT2D eigenvalue weighted by Gasteiger charge is 2.24. The van der Waals surface area contributed by atoms with Crippen LogP contribution >= 0.6 is 11.8 Å². The van der Waals surface area contributed by atoms with Crippen LogP contribution < -0.4 is 4.74 Å². The number of thioether (sulfide) groups is 1. The van der Waals surface area contributed by atoms with Crippen molar-refractivity contribution in [2.45, 2.75) is 37.8 Å². The summed E-state index contributed by atoms with van der Waals surface area (Å²) in [6.07, 6.45) is 0. The molecule has 0 N–H and O–H groups in total. The van der Waals surface area contributed by atoms with E-state index in [0.29, 0.717) is 22.3 Å². The second-order valence-corrected chi connectivity index (χ2v) is 9.71. The summed E-state index contributed by atoms with van der Waals surface area (Å²) in [6.45, 7) is 5.79. The van der Waals surface area contributed by atoms with Crippen LogP contribution in [0.1, 0.15) is 33.3 Å². The molecule has 0 aliphatic carbocycles. The topological polar surface area (TPSA) is 126 Å². The van der Waals surface area contributed by atoms with Crippen molar-refractivity contribution in [1.29, 1.82) is 0 Å². The molecular formula is C26H25N5O5S. The quantitative estimate of drug-likeness (QED) is 0.146. The Morgan fingerprint density at radius 1 is 0.946 bits per heavy atom. The van der Waals surface area contributed by atoms with Crippen LogP contribution in [-0.2, 0) is 6.61 Å². The number of nitrogens with zero attached hydrogens (tertiary/aromatic N) is 5. The normalized spacial score (nSPS) is 11.8. The van der Waals surface area contributed by atoms with Crippen LogP contribution in [0.25, 0.3) is 5.69 Å². The van der Waals surface area contributed by atoms with Crippen molar-refractivity contribution in [1.82, 2.24) is 14.8 Å². The number of aromatic nitrogens is 3. The van der Waals surface area contributed by atoms with Crippen molar-refractivity contribution in [3.63, 3.8) is 0 Å². The number of hydrogen-bond acceptors (Lipinski definition) is 8. The van der Waals surface area contributed by atoms with Gasteiger partial charge in [0.2, 0.25) is 6.54 Å². The summed E-state index contributed by atoms with van der Waals surface area (Å²) in [5.41, 5.74) is 4.61. The van der Waals surface area contributed by atoms with E-state index in [9.17, 15) is 20.2 Å². The summed E-state index contributed by atoms with van der Waals surface area (Å²) < 4.78 is 7.68. The molecule has 1 atom stereocenters. The lowest BCUT2D eigenvalue weighted by atomic mass is 10.1. The molecule has 0 amide bonds. The van der Waals surface area contributed by atoms with E-state index in [-0.39, 0.29) is 23.8 Å². The molecule has 4 aromatic rings. The summed E-state index contributed by atoms with van der Waals surface area (Å²) >= 11 is 1.29. The predicted octanol–water partition coefficient (Wildman–Crippen LogP) is 5.79. The number of aryl methyl sites for hydroxylation is 3. The predicted molar refractivity (Wildman–Crippen MR) is 140 cm³/mol. The first-order valence-corrected chi connectivity index (χ1v) is 12.3. The fourth-order valence-corrected chi connectivity index (χ4v) is 4.93. The van der Waals surface area contributed by atoms with E-state index in [0.717, 1.165) is 16.8 Å². The van der Waals surface area contributed by atoms with Gasteiger partial charge in [-0.2, -0.15) is 0 Å². The minimum Gasteiger partial charge on any atom is -0.489 e. The van der Waals surface area contributed by atoms with E-state index in [4.69, 9.17) is 4.74 Å². The van der Waals surface area contributed by atoms with Crippen LogP contribution in [0.2, 0.25) is 0 Å². The molecule has 4 rings (SSSR count). The van der Waals surface area contributed by atoms with Crippen LogP contribution in [0, 0.1) is 41.0 Å². The zero-order valence-electron chi connectivity index (χ0n) is 20.5. The minimum atomic E-state index is -0.505. The van der Waals surface area contributed by atoms with Gasteiger partial charge in [-0.1, -0.05) is 42.1 Å². The Bertz CT molecular complexity index is 1440. The number of nitro groups is 2. The third-order valence-corrected chi connectivity index (χ3v) is 7.07. The molecule has 37 heavy (non-hydrogen) atoms. The molecule has 1 heterocycles. The SMILES string of the molecule is Cc1ccc(-n2c(C)nnc2S[C@H](C[N+](=O)[O-])c2ccc(OCc3cccc([N+](=O)[O-])c3)cc2)cc1C. The molecule has 0 aliphatic rings. The zero-order chi connectivity index (χ0) is 26.5. The molecule has 10 nitrogen and oxygen atoms in total. The monoisotopic (exact) mass is 519 g/mol. The second-order valence-electron chi connectivity index (χ2n) is 8.54. The average molecular weight is 520 g/mol. The molecule has 0 fully saturated rings. The van der Waals surface area contributed by atoms with Crippen molar-refractivity contribution in [3.8, 4) is 11.4 Å². The standard InChI is InChI=1S/C26H25N5O5S/c1-17-7-10-22(13-18(17)2)30-19(3)27-28-26(30)37-25(15-29(32)33)21-8-11-24(12-9-21)36-16-20-5-4-6-23(14-20)31(34)35/h4-14,25H,15-16H2,1-3H3/t25-/m1/s1. The maximum absolute atomic E-state index is 11.5. The molecule has 0 spiro atoms. The highest BCUT2D eigenvalue weighted by molar-refractivity contribution is 7.99. The number of ether oxygens (including phenoxy) is 1. The molecule has 0 radical (unpaired) electrons. The third-order valence-electron chi connectivity index (χ3n) is 5.89. The van der Waals surface area contributed by atoms with Gasteiger partial charge in [0.05, 0.1) is 4.92 Å². The van der Waals surface area contributed by atoms with Crippen LogP contribution in [0.3, 0.4) is 0 Å². The Balaban J connectivity index is 1.53. The van der Waals surface area contributed by atoms with Crippen molar-refractivity contribution in [2.75, 3.05) is 6.54 Å². The van der Waals surface area contributed by atoms with Gasteiger partial charge in [-0.15, -0.1) is 10.2 Å². The van der Waals surface area contributed by atoms with Crippen molar-refractivity contribution >= 4 is 17.4 Å². The van der Waals surface area contributed by atoms with Gasteiger partial charge in [-0.3, -0.25) is 24.8 Å². The number of benzene rings is 3. The summed E-state index contributed by atoms with van der Waals surface area (Å²) in [5, 5.41) is 31.0. The van der Waals surface area contributed by atoms with Gasteiger partial charge in [0.15, 0.2) is 5.16 Å². The summed E-state index contributed by atoms with van der Waals surface area (Å²) in [5.74, 6) is 1.24. The second kappa shape index (κ2) is 11.2. The van der Waals surface area contributed by atoms with Crippen molar-refractivity contribution in [2.24, 2.45) is 0 Å². The number of nitro benzene ring substituents is 1. The first kappa shape index (κ1) is 25.8. The van der Waals surface area contributed by atoms with Crippen LogP contribution in [-0.4, -0.2) is 31.2 Å². The summed E-state index contributed by atoms with van der Waals surface area (Å²) in [4.78, 5) is 21.7. The largest absolute Gasteiger partial charge is 0.489 e. The van der Waals surface area contributed by atoms with E-state index in [1.54, 1.807) is 36.4 Å². The zero-order valence-corrected chi connectivity index (χ0v) is 21.3. The first-order valence-electron chi connectivity index (χ1n) is 11.5. The van der Waals surface area contributed by atoms with Gasteiger partial charge in [0, 0.05) is 22.7 Å². The Morgan fingerprint density at radius 2 is 1.70 bits per heavy atom. The molecule has 0 bridgehead atoms. The highest BCUT2D eigenvalue weighted by atomic mass is 32.2. The molecule has 1 aromatic heterocycles. The third kappa shape index (κ3) is 6.31. The van der Waals surface area contributed by atoms with Gasteiger partial charge in [0.25, 0.3) is 5.69 Å². The van der Waals surface area contributed by atoms with Crippen molar-refractivity contribution < 1.29 is 14.6 Å². The van der Waals surface area contributed by atoms with E-state index in [1.807, 2.05) is 43.5 Å². The number of rotatable bonds is 10. The highest BCUT2D eigenvalue weighted by Crippen LogP contribution is 2.36. The molecular weight excluding hydrogens is 494 g/mol. The summed E-state index contributed by atoms with van der Waals surface area (Å²) in [6, 6.07) is 19.3. The van der Waals surface area contributed by atoms with Crippen LogP contribution in [0.5, 0.6) is 5.75 Å². The lowest BCUT2D eigenvalue weighted by Crippen LogP contribution is -2.11. The molecule has 11 heteroatoms. The maximum Gasteiger partial charge on any atom is 0.269 e. The minimum absolute atomic E-state index is 0.0000189. The molecule has 0 aliphatic heterocycles. The maximum atomic E-state index is 11.5. The fourth-order valence-electron chi connectivity index (χ4n) is 3.76. The number of non-ortho nitro benzene ring substituents is 1. The van der Waals surface area contributed by atoms with Gasteiger partial charge in [0.1, 0.15) is 23.4 Å². The van der Waals surface area contributed by atoms with Gasteiger partial charge in [-0.05, 0) is 67.3 Å². The first-order chi connectivity index (χ1) is 17.7. The van der Waals surface area contributed by atoms with E-state index >= 15 is 0 Å². The number of hydrogen-bond donors (Lipinski definition) is 0.